The monoisotopic (exact) mass is 344 g/mol. The summed E-state index contributed by atoms with van der Waals surface area (Å²) in [7, 11) is 6.03. The number of aliphatic imine (C=N–C) groups is 1. The number of nitrogens with zero attached hydrogens (tertiary/aromatic N) is 2. The fourth-order valence-electron chi connectivity index (χ4n) is 2.66. The van der Waals surface area contributed by atoms with Gasteiger partial charge in [-0.15, -0.1) is 11.3 Å². The van der Waals surface area contributed by atoms with E-state index in [9.17, 15) is 0 Å². The number of guanidine groups is 1. The van der Waals surface area contributed by atoms with Gasteiger partial charge in [0.25, 0.3) is 0 Å². The number of aryl methyl sites for hydroxylation is 2. The number of rotatable bonds is 6. The number of hydrogen-bond donors (Lipinski definition) is 2. The lowest BCUT2D eigenvalue weighted by Crippen LogP contribution is -2.41. The summed E-state index contributed by atoms with van der Waals surface area (Å²) in [5.41, 5.74) is 3.90. The van der Waals surface area contributed by atoms with Gasteiger partial charge in [-0.2, -0.15) is 0 Å². The lowest BCUT2D eigenvalue weighted by Gasteiger charge is -2.24. The van der Waals surface area contributed by atoms with E-state index < -0.39 is 0 Å². The van der Waals surface area contributed by atoms with E-state index in [0.717, 1.165) is 19.0 Å². The van der Waals surface area contributed by atoms with Gasteiger partial charge in [-0.3, -0.25) is 4.99 Å². The molecule has 0 aliphatic carbocycles. The Morgan fingerprint density at radius 1 is 1.21 bits per heavy atom. The molecule has 4 nitrogen and oxygen atoms in total. The third kappa shape index (κ3) is 5.08. The zero-order valence-electron chi connectivity index (χ0n) is 15.3. The number of nitrogens with one attached hydrogen (secondary N) is 2. The quantitative estimate of drug-likeness (QED) is 0.624. The molecule has 0 aliphatic heterocycles. The molecule has 1 heterocycles. The third-order valence-corrected chi connectivity index (χ3v) is 5.10. The predicted octanol–water partition coefficient (Wildman–Crippen LogP) is 3.33. The van der Waals surface area contributed by atoms with Gasteiger partial charge in [0, 0.05) is 25.0 Å². The molecule has 2 N–H and O–H groups in total. The number of likely N-dealkylation sites (N-methyl/N-ethyl adjacent to an activating group) is 1. The van der Waals surface area contributed by atoms with Crippen LogP contribution in [-0.2, 0) is 6.54 Å². The highest BCUT2D eigenvalue weighted by Gasteiger charge is 2.15. The van der Waals surface area contributed by atoms with Crippen molar-refractivity contribution >= 4 is 17.3 Å². The summed E-state index contributed by atoms with van der Waals surface area (Å²) >= 11 is 1.79. The van der Waals surface area contributed by atoms with Crippen LogP contribution in [0.4, 0.5) is 0 Å². The van der Waals surface area contributed by atoms with Gasteiger partial charge < -0.3 is 15.5 Å². The normalized spacial score (nSPS) is 13.2. The van der Waals surface area contributed by atoms with E-state index in [1.54, 1.807) is 11.3 Å². The van der Waals surface area contributed by atoms with Crippen molar-refractivity contribution in [1.82, 2.24) is 15.5 Å². The Hall–Kier alpha value is -1.85. The fourth-order valence-corrected chi connectivity index (χ4v) is 3.58. The fraction of sp³-hybridized carbons (Fsp3) is 0.421. The van der Waals surface area contributed by atoms with E-state index in [1.807, 2.05) is 7.05 Å². The molecule has 24 heavy (non-hydrogen) atoms. The Kier molecular flexibility index (Phi) is 6.82. The lowest BCUT2D eigenvalue weighted by atomic mass is 10.1. The SMILES string of the molecule is CN=C(NCc1ccc(C)cc1C)NCC(c1cccs1)N(C)C. The molecular weight excluding hydrogens is 316 g/mol. The van der Waals surface area contributed by atoms with Gasteiger partial charge in [-0.25, -0.2) is 0 Å². The zero-order chi connectivity index (χ0) is 17.5. The molecule has 5 heteroatoms. The topological polar surface area (TPSA) is 39.7 Å². The van der Waals surface area contributed by atoms with Crippen LogP contribution >= 0.6 is 11.3 Å². The molecule has 0 bridgehead atoms. The summed E-state index contributed by atoms with van der Waals surface area (Å²) < 4.78 is 0. The Morgan fingerprint density at radius 3 is 2.58 bits per heavy atom. The average Bonchev–Trinajstić information content (AvgIpc) is 3.05. The number of benzene rings is 1. The molecule has 0 fully saturated rings. The molecule has 1 unspecified atom stereocenters. The molecule has 2 aromatic rings. The molecule has 0 amide bonds. The van der Waals surface area contributed by atoms with Crippen molar-refractivity contribution in [2.24, 2.45) is 4.99 Å². The maximum absolute atomic E-state index is 4.34. The first-order valence-corrected chi connectivity index (χ1v) is 9.09. The smallest absolute Gasteiger partial charge is 0.191 e. The highest BCUT2D eigenvalue weighted by molar-refractivity contribution is 7.10. The van der Waals surface area contributed by atoms with E-state index in [-0.39, 0.29) is 0 Å². The van der Waals surface area contributed by atoms with Crippen LogP contribution in [0.25, 0.3) is 0 Å². The minimum atomic E-state index is 0.338. The van der Waals surface area contributed by atoms with Crippen LogP contribution in [0.1, 0.15) is 27.6 Å². The highest BCUT2D eigenvalue weighted by atomic mass is 32.1. The number of hydrogen-bond acceptors (Lipinski definition) is 3. The Bertz CT molecular complexity index is 662. The van der Waals surface area contributed by atoms with Crippen molar-refractivity contribution < 1.29 is 0 Å². The van der Waals surface area contributed by atoms with Gasteiger partial charge in [0.05, 0.1) is 6.04 Å². The minimum absolute atomic E-state index is 0.338. The second-order valence-electron chi connectivity index (χ2n) is 6.23. The van der Waals surface area contributed by atoms with E-state index in [4.69, 9.17) is 0 Å². The van der Waals surface area contributed by atoms with Crippen LogP contribution in [-0.4, -0.2) is 38.5 Å². The second kappa shape index (κ2) is 8.85. The third-order valence-electron chi connectivity index (χ3n) is 4.13. The van der Waals surface area contributed by atoms with Crippen LogP contribution in [0.15, 0.2) is 40.7 Å². The van der Waals surface area contributed by atoms with Gasteiger partial charge in [0.15, 0.2) is 5.96 Å². The van der Waals surface area contributed by atoms with Crippen molar-refractivity contribution in [2.75, 3.05) is 27.7 Å². The lowest BCUT2D eigenvalue weighted by molar-refractivity contribution is 0.302. The molecule has 130 valence electrons. The molecule has 1 aromatic carbocycles. The molecular formula is C19H28N4S. The van der Waals surface area contributed by atoms with E-state index in [2.05, 4.69) is 84.2 Å². The second-order valence-corrected chi connectivity index (χ2v) is 7.21. The first kappa shape index (κ1) is 18.5. The highest BCUT2D eigenvalue weighted by Crippen LogP contribution is 2.22. The maximum atomic E-state index is 4.34. The first-order valence-electron chi connectivity index (χ1n) is 8.21. The van der Waals surface area contributed by atoms with Gasteiger partial charge in [-0.1, -0.05) is 29.8 Å². The maximum Gasteiger partial charge on any atom is 0.191 e. The van der Waals surface area contributed by atoms with Crippen LogP contribution in [0, 0.1) is 13.8 Å². The summed E-state index contributed by atoms with van der Waals surface area (Å²) in [4.78, 5) is 7.93. The van der Waals surface area contributed by atoms with Crippen molar-refractivity contribution in [3.8, 4) is 0 Å². The van der Waals surface area contributed by atoms with Crippen LogP contribution in [0.3, 0.4) is 0 Å². The van der Waals surface area contributed by atoms with Crippen molar-refractivity contribution in [2.45, 2.75) is 26.4 Å². The van der Waals surface area contributed by atoms with Crippen molar-refractivity contribution in [3.05, 3.63) is 57.3 Å². The zero-order valence-corrected chi connectivity index (χ0v) is 16.1. The Labute approximate surface area is 149 Å². The molecule has 0 saturated carbocycles. The summed E-state index contributed by atoms with van der Waals surface area (Å²) in [6.45, 7) is 5.87. The standard InChI is InChI=1S/C19H28N4S/c1-14-8-9-16(15(2)11-14)12-21-19(20-3)22-13-17(23(4)5)18-7-6-10-24-18/h6-11,17H,12-13H2,1-5H3,(H2,20,21,22). The van der Waals surface area contributed by atoms with E-state index in [0.29, 0.717) is 6.04 Å². The Balaban J connectivity index is 1.92. The van der Waals surface area contributed by atoms with Gasteiger partial charge in [-0.05, 0) is 50.5 Å². The van der Waals surface area contributed by atoms with Gasteiger partial charge >= 0.3 is 0 Å². The predicted molar refractivity (Wildman–Crippen MR) is 105 cm³/mol. The summed E-state index contributed by atoms with van der Waals surface area (Å²) in [5, 5.41) is 8.98. The van der Waals surface area contributed by atoms with Crippen molar-refractivity contribution in [1.29, 1.82) is 0 Å². The summed E-state index contributed by atoms with van der Waals surface area (Å²) in [6.07, 6.45) is 0. The molecule has 0 aliphatic rings. The van der Waals surface area contributed by atoms with E-state index in [1.165, 1.54) is 21.6 Å². The van der Waals surface area contributed by atoms with Gasteiger partial charge in [0.1, 0.15) is 0 Å². The summed E-state index contributed by atoms with van der Waals surface area (Å²) in [6, 6.07) is 11.2. The largest absolute Gasteiger partial charge is 0.354 e. The molecule has 0 saturated heterocycles. The number of thiophene rings is 1. The Morgan fingerprint density at radius 2 is 2.00 bits per heavy atom. The van der Waals surface area contributed by atoms with Gasteiger partial charge in [0.2, 0.25) is 0 Å². The molecule has 1 aromatic heterocycles. The first-order chi connectivity index (χ1) is 11.5. The average molecular weight is 345 g/mol. The van der Waals surface area contributed by atoms with Crippen LogP contribution in [0.5, 0.6) is 0 Å². The minimum Gasteiger partial charge on any atom is -0.354 e. The molecule has 1 atom stereocenters. The molecule has 2 rings (SSSR count). The molecule has 0 spiro atoms. The summed E-state index contributed by atoms with van der Waals surface area (Å²) in [5.74, 6) is 0.832. The van der Waals surface area contributed by atoms with Crippen LogP contribution in [0.2, 0.25) is 0 Å². The molecule has 0 radical (unpaired) electrons. The van der Waals surface area contributed by atoms with Crippen LogP contribution < -0.4 is 10.6 Å². The van der Waals surface area contributed by atoms with E-state index >= 15 is 0 Å². The van der Waals surface area contributed by atoms with Crippen molar-refractivity contribution in [3.63, 3.8) is 0 Å².